The fourth-order valence-corrected chi connectivity index (χ4v) is 3.66. The standard InChI is InChI=1S/C15H19N3O2S2/c1-2-16-15(20)17-14(19)11-18(9-12-5-3-7-21-12)10-13-6-4-8-22-13/h3-8H,2,9-11H2,1H3,(H2,16,17,19,20)/p+1. The van der Waals surface area contributed by atoms with E-state index in [2.05, 4.69) is 22.8 Å². The van der Waals surface area contributed by atoms with Gasteiger partial charge < -0.3 is 10.2 Å². The molecule has 2 aromatic rings. The summed E-state index contributed by atoms with van der Waals surface area (Å²) in [6.45, 7) is 4.14. The van der Waals surface area contributed by atoms with E-state index < -0.39 is 6.03 Å². The molecule has 2 heterocycles. The molecule has 0 bridgehead atoms. The topological polar surface area (TPSA) is 62.6 Å². The van der Waals surface area contributed by atoms with Crippen molar-refractivity contribution in [2.24, 2.45) is 0 Å². The summed E-state index contributed by atoms with van der Waals surface area (Å²) in [7, 11) is 0. The van der Waals surface area contributed by atoms with E-state index in [9.17, 15) is 9.59 Å². The Labute approximate surface area is 138 Å². The second-order valence-electron chi connectivity index (χ2n) is 4.85. The van der Waals surface area contributed by atoms with Gasteiger partial charge in [-0.25, -0.2) is 4.79 Å². The van der Waals surface area contributed by atoms with Crippen LogP contribution in [0.15, 0.2) is 35.0 Å². The molecule has 118 valence electrons. The number of thiophene rings is 2. The number of rotatable bonds is 7. The van der Waals surface area contributed by atoms with E-state index in [1.54, 1.807) is 22.7 Å². The van der Waals surface area contributed by atoms with Crippen LogP contribution in [-0.2, 0) is 17.9 Å². The van der Waals surface area contributed by atoms with Crippen molar-refractivity contribution in [3.63, 3.8) is 0 Å². The van der Waals surface area contributed by atoms with E-state index in [-0.39, 0.29) is 12.5 Å². The Bertz CT molecular complexity index is 546. The van der Waals surface area contributed by atoms with E-state index in [1.165, 1.54) is 9.75 Å². The van der Waals surface area contributed by atoms with E-state index in [1.807, 2.05) is 29.8 Å². The maximum atomic E-state index is 12.0. The van der Waals surface area contributed by atoms with Gasteiger partial charge in [0.1, 0.15) is 13.1 Å². The molecule has 0 aliphatic carbocycles. The summed E-state index contributed by atoms with van der Waals surface area (Å²) in [5.41, 5.74) is 0. The number of urea groups is 1. The lowest BCUT2D eigenvalue weighted by Gasteiger charge is -2.17. The van der Waals surface area contributed by atoms with Crippen molar-refractivity contribution in [3.05, 3.63) is 44.8 Å². The van der Waals surface area contributed by atoms with Crippen molar-refractivity contribution >= 4 is 34.6 Å². The molecule has 2 rings (SSSR count). The molecule has 0 aliphatic heterocycles. The number of nitrogens with one attached hydrogen (secondary N) is 3. The number of carbonyl (C=O) groups excluding carboxylic acids is 2. The summed E-state index contributed by atoms with van der Waals surface area (Å²) in [5.74, 6) is -0.255. The van der Waals surface area contributed by atoms with Gasteiger partial charge >= 0.3 is 6.03 Å². The molecule has 0 saturated carbocycles. The predicted molar refractivity (Wildman–Crippen MR) is 89.1 cm³/mol. The highest BCUT2D eigenvalue weighted by molar-refractivity contribution is 7.10. The first-order chi connectivity index (χ1) is 10.7. The van der Waals surface area contributed by atoms with Gasteiger partial charge in [0.05, 0.1) is 9.75 Å². The molecule has 0 saturated heterocycles. The summed E-state index contributed by atoms with van der Waals surface area (Å²) in [5, 5.41) is 9.00. The average molecular weight is 338 g/mol. The summed E-state index contributed by atoms with van der Waals surface area (Å²) in [6.07, 6.45) is 0. The lowest BCUT2D eigenvalue weighted by atomic mass is 10.3. The Morgan fingerprint density at radius 3 is 2.14 bits per heavy atom. The number of quaternary nitrogens is 1. The van der Waals surface area contributed by atoms with Gasteiger partial charge in [0.15, 0.2) is 6.54 Å². The third-order valence-electron chi connectivity index (χ3n) is 3.01. The molecule has 7 heteroatoms. The van der Waals surface area contributed by atoms with Gasteiger partial charge in [0.2, 0.25) is 0 Å². The van der Waals surface area contributed by atoms with Gasteiger partial charge in [-0.1, -0.05) is 12.1 Å². The summed E-state index contributed by atoms with van der Waals surface area (Å²) < 4.78 is 0. The van der Waals surface area contributed by atoms with Crippen molar-refractivity contribution in [1.82, 2.24) is 10.6 Å². The van der Waals surface area contributed by atoms with Crippen LogP contribution in [0.25, 0.3) is 0 Å². The van der Waals surface area contributed by atoms with Gasteiger partial charge in [0, 0.05) is 6.54 Å². The van der Waals surface area contributed by atoms with Crippen molar-refractivity contribution in [2.75, 3.05) is 13.1 Å². The van der Waals surface area contributed by atoms with E-state index in [4.69, 9.17) is 0 Å². The maximum Gasteiger partial charge on any atom is 0.321 e. The lowest BCUT2D eigenvalue weighted by molar-refractivity contribution is -0.919. The van der Waals surface area contributed by atoms with Crippen LogP contribution in [-0.4, -0.2) is 25.0 Å². The molecule has 0 spiro atoms. The first-order valence-electron chi connectivity index (χ1n) is 7.13. The highest BCUT2D eigenvalue weighted by Gasteiger charge is 2.18. The molecule has 0 atom stereocenters. The van der Waals surface area contributed by atoms with Gasteiger partial charge in [-0.2, -0.15) is 0 Å². The molecule has 3 N–H and O–H groups in total. The van der Waals surface area contributed by atoms with Crippen molar-refractivity contribution in [2.45, 2.75) is 20.0 Å². The minimum Gasteiger partial charge on any atom is -0.338 e. The number of imide groups is 1. The minimum atomic E-state index is -0.431. The fraction of sp³-hybridized carbons (Fsp3) is 0.333. The molecule has 0 fully saturated rings. The van der Waals surface area contributed by atoms with Crippen LogP contribution in [0.1, 0.15) is 16.7 Å². The van der Waals surface area contributed by atoms with Crippen LogP contribution in [0.4, 0.5) is 4.79 Å². The summed E-state index contributed by atoms with van der Waals surface area (Å²) >= 11 is 3.37. The van der Waals surface area contributed by atoms with E-state index >= 15 is 0 Å². The monoisotopic (exact) mass is 338 g/mol. The molecule has 0 aromatic carbocycles. The Hall–Kier alpha value is -1.70. The smallest absolute Gasteiger partial charge is 0.321 e. The van der Waals surface area contributed by atoms with Crippen LogP contribution < -0.4 is 15.5 Å². The number of hydrogen-bond acceptors (Lipinski definition) is 4. The first-order valence-corrected chi connectivity index (χ1v) is 8.89. The molecule has 2 aromatic heterocycles. The van der Waals surface area contributed by atoms with Gasteiger partial charge in [0.25, 0.3) is 5.91 Å². The first kappa shape index (κ1) is 16.7. The van der Waals surface area contributed by atoms with Crippen LogP contribution in [0.3, 0.4) is 0 Å². The zero-order valence-corrected chi connectivity index (χ0v) is 14.1. The minimum absolute atomic E-state index is 0.255. The van der Waals surface area contributed by atoms with Crippen molar-refractivity contribution in [1.29, 1.82) is 0 Å². The summed E-state index contributed by atoms with van der Waals surface area (Å²) in [4.78, 5) is 27.0. The molecule has 5 nitrogen and oxygen atoms in total. The third-order valence-corrected chi connectivity index (χ3v) is 4.76. The van der Waals surface area contributed by atoms with Crippen molar-refractivity contribution < 1.29 is 14.5 Å². The van der Waals surface area contributed by atoms with Crippen LogP contribution in [0.2, 0.25) is 0 Å². The van der Waals surface area contributed by atoms with Gasteiger partial charge in [-0.15, -0.1) is 22.7 Å². The molecular formula is C15H20N3O2S2+. The molecule has 3 amide bonds. The average Bonchev–Trinajstić information content (AvgIpc) is 3.12. The highest BCUT2D eigenvalue weighted by atomic mass is 32.1. The largest absolute Gasteiger partial charge is 0.338 e. The predicted octanol–water partition coefficient (Wildman–Crippen LogP) is 1.24. The number of carbonyl (C=O) groups is 2. The van der Waals surface area contributed by atoms with Crippen LogP contribution >= 0.6 is 22.7 Å². The number of amides is 3. The molecule has 0 aliphatic rings. The quantitative estimate of drug-likeness (QED) is 0.711. The normalized spacial score (nSPS) is 10.6. The lowest BCUT2D eigenvalue weighted by Crippen LogP contribution is -3.10. The van der Waals surface area contributed by atoms with Crippen LogP contribution in [0, 0.1) is 0 Å². The molecule has 0 unspecified atom stereocenters. The second kappa shape index (κ2) is 8.67. The Morgan fingerprint density at radius 2 is 1.68 bits per heavy atom. The van der Waals surface area contributed by atoms with Crippen LogP contribution in [0.5, 0.6) is 0 Å². The zero-order valence-electron chi connectivity index (χ0n) is 12.4. The molecular weight excluding hydrogens is 318 g/mol. The maximum absolute atomic E-state index is 12.0. The SMILES string of the molecule is CCNC(=O)NC(=O)C[NH+](Cc1cccs1)Cc1cccs1. The van der Waals surface area contributed by atoms with Gasteiger partial charge in [-0.3, -0.25) is 10.1 Å². The molecule has 22 heavy (non-hydrogen) atoms. The van der Waals surface area contributed by atoms with Crippen molar-refractivity contribution in [3.8, 4) is 0 Å². The Balaban J connectivity index is 1.94. The van der Waals surface area contributed by atoms with E-state index in [0.29, 0.717) is 6.54 Å². The van der Waals surface area contributed by atoms with Gasteiger partial charge in [-0.05, 0) is 29.8 Å². The highest BCUT2D eigenvalue weighted by Crippen LogP contribution is 2.08. The fourth-order valence-electron chi connectivity index (χ4n) is 2.11. The number of hydrogen-bond donors (Lipinski definition) is 3. The molecule has 0 radical (unpaired) electrons. The Morgan fingerprint density at radius 1 is 1.09 bits per heavy atom. The summed E-state index contributed by atoms with van der Waals surface area (Å²) in [6, 6.07) is 7.73. The third kappa shape index (κ3) is 5.59. The van der Waals surface area contributed by atoms with E-state index in [0.717, 1.165) is 18.0 Å². The zero-order chi connectivity index (χ0) is 15.8. The Kier molecular flexibility index (Phi) is 6.57. The second-order valence-corrected chi connectivity index (χ2v) is 6.91.